The molecule has 0 atom stereocenters. The molecule has 0 saturated carbocycles. The van der Waals surface area contributed by atoms with E-state index in [9.17, 15) is 19.2 Å². The van der Waals surface area contributed by atoms with Crippen molar-refractivity contribution in [2.75, 3.05) is 5.32 Å². The standard InChI is InChI=1S/C19H20N2O5/c1-10-4-6-13(7-5-10)14(23)8-9-15(24)21-19-17(18(20)25)16(11(2)22)12(3)26-19/h4-7H,8-9H2,1-3H3,(H2,20,25)(H,21,24). The van der Waals surface area contributed by atoms with Crippen molar-refractivity contribution >= 4 is 29.3 Å². The van der Waals surface area contributed by atoms with Gasteiger partial charge in [-0.1, -0.05) is 29.8 Å². The Morgan fingerprint density at radius 3 is 2.15 bits per heavy atom. The van der Waals surface area contributed by atoms with Crippen molar-refractivity contribution < 1.29 is 23.6 Å². The van der Waals surface area contributed by atoms with Crippen LogP contribution >= 0.6 is 0 Å². The Balaban J connectivity index is 2.07. The van der Waals surface area contributed by atoms with Gasteiger partial charge in [0.1, 0.15) is 11.3 Å². The van der Waals surface area contributed by atoms with Gasteiger partial charge in [0.15, 0.2) is 11.6 Å². The molecule has 7 nitrogen and oxygen atoms in total. The summed E-state index contributed by atoms with van der Waals surface area (Å²) < 4.78 is 5.31. The first-order chi connectivity index (χ1) is 12.2. The summed E-state index contributed by atoms with van der Waals surface area (Å²) in [5.41, 5.74) is 6.74. The number of rotatable bonds is 7. The van der Waals surface area contributed by atoms with Crippen LogP contribution in [0.25, 0.3) is 0 Å². The minimum Gasteiger partial charge on any atom is -0.444 e. The van der Waals surface area contributed by atoms with Crippen LogP contribution < -0.4 is 11.1 Å². The molecule has 2 amide bonds. The van der Waals surface area contributed by atoms with Crippen molar-refractivity contribution in [2.45, 2.75) is 33.6 Å². The Hall–Kier alpha value is -3.22. The number of benzene rings is 1. The van der Waals surface area contributed by atoms with Gasteiger partial charge in [0.2, 0.25) is 11.8 Å². The molecule has 0 aliphatic rings. The van der Waals surface area contributed by atoms with E-state index in [1.165, 1.54) is 13.8 Å². The highest BCUT2D eigenvalue weighted by Gasteiger charge is 2.26. The Morgan fingerprint density at radius 1 is 1.00 bits per heavy atom. The van der Waals surface area contributed by atoms with Crippen LogP contribution in [-0.2, 0) is 4.79 Å². The van der Waals surface area contributed by atoms with Crippen molar-refractivity contribution in [3.8, 4) is 0 Å². The number of hydrogen-bond acceptors (Lipinski definition) is 5. The average molecular weight is 356 g/mol. The second-order valence-electron chi connectivity index (χ2n) is 6.00. The van der Waals surface area contributed by atoms with E-state index in [1.807, 2.05) is 19.1 Å². The SMILES string of the molecule is CC(=O)c1c(C)oc(NC(=O)CCC(=O)c2ccc(C)cc2)c1C(N)=O. The molecule has 7 heteroatoms. The molecule has 0 unspecified atom stereocenters. The van der Waals surface area contributed by atoms with Gasteiger partial charge in [0.25, 0.3) is 5.91 Å². The van der Waals surface area contributed by atoms with Crippen LogP contribution in [0.4, 0.5) is 5.88 Å². The topological polar surface area (TPSA) is 119 Å². The van der Waals surface area contributed by atoms with E-state index in [4.69, 9.17) is 10.2 Å². The summed E-state index contributed by atoms with van der Waals surface area (Å²) in [4.78, 5) is 47.5. The molecule has 0 aliphatic heterocycles. The number of anilines is 1. The first-order valence-electron chi connectivity index (χ1n) is 8.04. The lowest BCUT2D eigenvalue weighted by Gasteiger charge is -2.04. The van der Waals surface area contributed by atoms with Gasteiger partial charge in [0.05, 0.1) is 5.56 Å². The summed E-state index contributed by atoms with van der Waals surface area (Å²) >= 11 is 0. The fourth-order valence-corrected chi connectivity index (χ4v) is 2.59. The Labute approximate surface area is 150 Å². The maximum Gasteiger partial charge on any atom is 0.255 e. The fraction of sp³-hybridized carbons (Fsp3) is 0.263. The molecule has 2 rings (SSSR count). The van der Waals surface area contributed by atoms with Gasteiger partial charge in [-0.05, 0) is 20.8 Å². The van der Waals surface area contributed by atoms with E-state index in [0.29, 0.717) is 5.56 Å². The highest BCUT2D eigenvalue weighted by atomic mass is 16.4. The van der Waals surface area contributed by atoms with Crippen molar-refractivity contribution in [1.29, 1.82) is 0 Å². The van der Waals surface area contributed by atoms with Crippen molar-refractivity contribution in [3.05, 3.63) is 52.3 Å². The number of amides is 2. The number of furan rings is 1. The maximum atomic E-state index is 12.1. The number of carbonyl (C=O) groups is 4. The number of primary amides is 1. The van der Waals surface area contributed by atoms with Crippen LogP contribution in [0.3, 0.4) is 0 Å². The zero-order valence-electron chi connectivity index (χ0n) is 14.8. The van der Waals surface area contributed by atoms with Crippen LogP contribution in [0.1, 0.15) is 62.2 Å². The number of ketones is 2. The van der Waals surface area contributed by atoms with Crippen LogP contribution in [0.5, 0.6) is 0 Å². The zero-order chi connectivity index (χ0) is 19.4. The zero-order valence-corrected chi connectivity index (χ0v) is 14.8. The Morgan fingerprint density at radius 2 is 1.62 bits per heavy atom. The monoisotopic (exact) mass is 356 g/mol. The summed E-state index contributed by atoms with van der Waals surface area (Å²) in [6.07, 6.45) is -0.0971. The third-order valence-corrected chi connectivity index (χ3v) is 3.89. The molecule has 1 heterocycles. The minimum atomic E-state index is -0.877. The van der Waals surface area contributed by atoms with Gasteiger partial charge in [0, 0.05) is 18.4 Å². The highest BCUT2D eigenvalue weighted by molar-refractivity contribution is 6.12. The molecule has 3 N–H and O–H groups in total. The molecular weight excluding hydrogens is 336 g/mol. The highest BCUT2D eigenvalue weighted by Crippen LogP contribution is 2.27. The van der Waals surface area contributed by atoms with Gasteiger partial charge in [-0.2, -0.15) is 0 Å². The molecule has 0 spiro atoms. The Kier molecular flexibility index (Phi) is 5.71. The quantitative estimate of drug-likeness (QED) is 0.739. The Bertz CT molecular complexity index is 878. The fourth-order valence-electron chi connectivity index (χ4n) is 2.59. The number of Topliss-reactive ketones (excluding diaryl/α,β-unsaturated/α-hetero) is 2. The summed E-state index contributed by atoms with van der Waals surface area (Å²) in [6, 6.07) is 7.05. The van der Waals surface area contributed by atoms with E-state index < -0.39 is 17.6 Å². The number of carbonyl (C=O) groups excluding carboxylic acids is 4. The molecule has 0 saturated heterocycles. The maximum absolute atomic E-state index is 12.1. The second-order valence-corrected chi connectivity index (χ2v) is 6.00. The van der Waals surface area contributed by atoms with E-state index in [2.05, 4.69) is 5.32 Å². The van der Waals surface area contributed by atoms with E-state index in [0.717, 1.165) is 5.56 Å². The average Bonchev–Trinajstić information content (AvgIpc) is 2.89. The number of hydrogen-bond donors (Lipinski definition) is 2. The van der Waals surface area contributed by atoms with Gasteiger partial charge in [-0.15, -0.1) is 0 Å². The summed E-state index contributed by atoms with van der Waals surface area (Å²) in [5, 5.41) is 2.41. The molecule has 0 aliphatic carbocycles. The number of aryl methyl sites for hydroxylation is 2. The number of nitrogens with one attached hydrogen (secondary N) is 1. The van der Waals surface area contributed by atoms with Crippen molar-refractivity contribution in [1.82, 2.24) is 0 Å². The normalized spacial score (nSPS) is 10.4. The predicted octanol–water partition coefficient (Wildman–Crippen LogP) is 2.80. The van der Waals surface area contributed by atoms with Gasteiger partial charge in [-0.3, -0.25) is 24.5 Å². The van der Waals surface area contributed by atoms with E-state index in [-0.39, 0.29) is 41.4 Å². The third kappa shape index (κ3) is 4.24. The first kappa shape index (κ1) is 19.1. The lowest BCUT2D eigenvalue weighted by molar-refractivity contribution is -0.116. The largest absolute Gasteiger partial charge is 0.444 e. The third-order valence-electron chi connectivity index (χ3n) is 3.89. The summed E-state index contributed by atoms with van der Waals surface area (Å²) in [5.74, 6) is -1.94. The minimum absolute atomic E-state index is 0.0000548. The van der Waals surface area contributed by atoms with Gasteiger partial charge < -0.3 is 10.2 Å². The molecule has 0 radical (unpaired) electrons. The van der Waals surface area contributed by atoms with Crippen LogP contribution in [0.2, 0.25) is 0 Å². The lowest BCUT2D eigenvalue weighted by Crippen LogP contribution is -2.19. The second kappa shape index (κ2) is 7.77. The predicted molar refractivity (Wildman–Crippen MR) is 95.3 cm³/mol. The van der Waals surface area contributed by atoms with Crippen LogP contribution in [0, 0.1) is 13.8 Å². The van der Waals surface area contributed by atoms with Gasteiger partial charge >= 0.3 is 0 Å². The van der Waals surface area contributed by atoms with E-state index >= 15 is 0 Å². The van der Waals surface area contributed by atoms with Crippen molar-refractivity contribution in [2.24, 2.45) is 5.73 Å². The molecule has 136 valence electrons. The molecule has 26 heavy (non-hydrogen) atoms. The van der Waals surface area contributed by atoms with Crippen molar-refractivity contribution in [3.63, 3.8) is 0 Å². The summed E-state index contributed by atoms with van der Waals surface area (Å²) in [7, 11) is 0. The smallest absolute Gasteiger partial charge is 0.255 e. The molecule has 1 aromatic carbocycles. The first-order valence-corrected chi connectivity index (χ1v) is 8.04. The molecule has 0 bridgehead atoms. The van der Waals surface area contributed by atoms with Crippen LogP contribution in [-0.4, -0.2) is 23.4 Å². The number of nitrogens with two attached hydrogens (primary N) is 1. The molecule has 2 aromatic rings. The van der Waals surface area contributed by atoms with Gasteiger partial charge in [-0.25, -0.2) is 0 Å². The molecular formula is C19H20N2O5. The molecule has 1 aromatic heterocycles. The van der Waals surface area contributed by atoms with E-state index in [1.54, 1.807) is 12.1 Å². The summed E-state index contributed by atoms with van der Waals surface area (Å²) in [6.45, 7) is 4.69. The van der Waals surface area contributed by atoms with Crippen LogP contribution in [0.15, 0.2) is 28.7 Å². The lowest BCUT2D eigenvalue weighted by atomic mass is 10.0. The molecule has 0 fully saturated rings.